The summed E-state index contributed by atoms with van der Waals surface area (Å²) in [5.74, 6) is -0.755. The van der Waals surface area contributed by atoms with Gasteiger partial charge in [0.25, 0.3) is 5.56 Å². The van der Waals surface area contributed by atoms with Gasteiger partial charge in [-0.05, 0) is 55.5 Å². The minimum absolute atomic E-state index is 0.00740. The monoisotopic (exact) mass is 508 g/mol. The van der Waals surface area contributed by atoms with E-state index in [1.54, 1.807) is 36.4 Å². The van der Waals surface area contributed by atoms with E-state index in [1.165, 1.54) is 23.1 Å². The predicted molar refractivity (Wildman–Crippen MR) is 140 cm³/mol. The number of amides is 2. The molecule has 4 rings (SSSR count). The zero-order valence-electron chi connectivity index (χ0n) is 20.9. The van der Waals surface area contributed by atoms with Gasteiger partial charge in [-0.3, -0.25) is 23.5 Å². The predicted octanol–water partition coefficient (Wildman–Crippen LogP) is 3.24. The standard InChI is InChI=1S/C28H33FN4O4/c29-21-15-13-20(14-16-21)18-30-26(35)19-33-24-11-5-4-10-23(24)27(36)32(28(33)37)17-7-6-12-25(34)31-22-8-2-1-3-9-22/h4-5,10-11,13-16,22H,1-3,6-9,12,17-19H2,(H,30,35)(H,31,34). The van der Waals surface area contributed by atoms with E-state index >= 15 is 0 Å². The first-order valence-corrected chi connectivity index (χ1v) is 13.0. The van der Waals surface area contributed by atoms with Crippen molar-refractivity contribution in [3.05, 3.63) is 80.7 Å². The number of carbonyl (C=O) groups excluding carboxylic acids is 2. The van der Waals surface area contributed by atoms with Crippen molar-refractivity contribution < 1.29 is 14.0 Å². The van der Waals surface area contributed by atoms with Crippen LogP contribution in [0.5, 0.6) is 0 Å². The molecule has 0 radical (unpaired) electrons. The number of unbranched alkanes of at least 4 members (excludes halogenated alkanes) is 1. The number of nitrogens with zero attached hydrogens (tertiary/aromatic N) is 2. The van der Waals surface area contributed by atoms with Crippen molar-refractivity contribution in [3.8, 4) is 0 Å². The molecule has 0 atom stereocenters. The lowest BCUT2D eigenvalue weighted by molar-refractivity contribution is -0.122. The Morgan fingerprint density at radius 1 is 0.892 bits per heavy atom. The molecule has 8 nitrogen and oxygen atoms in total. The van der Waals surface area contributed by atoms with Crippen molar-refractivity contribution in [2.75, 3.05) is 0 Å². The Bertz CT molecular complexity index is 1360. The number of fused-ring (bicyclic) bond motifs is 1. The molecule has 0 saturated heterocycles. The number of halogens is 1. The summed E-state index contributed by atoms with van der Waals surface area (Å²) in [6, 6.07) is 12.7. The van der Waals surface area contributed by atoms with E-state index in [2.05, 4.69) is 10.6 Å². The van der Waals surface area contributed by atoms with Crippen molar-refractivity contribution >= 4 is 22.7 Å². The molecule has 1 fully saturated rings. The highest BCUT2D eigenvalue weighted by atomic mass is 19.1. The molecule has 1 aliphatic carbocycles. The Labute approximate surface area is 214 Å². The molecule has 2 amide bonds. The van der Waals surface area contributed by atoms with Gasteiger partial charge >= 0.3 is 5.69 Å². The molecule has 2 aromatic carbocycles. The van der Waals surface area contributed by atoms with Gasteiger partial charge in [0, 0.05) is 25.6 Å². The maximum Gasteiger partial charge on any atom is 0.331 e. The number of para-hydroxylation sites is 1. The fourth-order valence-electron chi connectivity index (χ4n) is 4.83. The Morgan fingerprint density at radius 2 is 1.62 bits per heavy atom. The summed E-state index contributed by atoms with van der Waals surface area (Å²) < 4.78 is 15.6. The molecular formula is C28H33FN4O4. The molecule has 9 heteroatoms. The van der Waals surface area contributed by atoms with Gasteiger partial charge in [-0.25, -0.2) is 9.18 Å². The first-order valence-electron chi connectivity index (χ1n) is 13.0. The second kappa shape index (κ2) is 12.5. The van der Waals surface area contributed by atoms with Crippen LogP contribution in [0.2, 0.25) is 0 Å². The first-order chi connectivity index (χ1) is 17.9. The highest BCUT2D eigenvalue weighted by molar-refractivity contribution is 5.81. The van der Waals surface area contributed by atoms with E-state index in [4.69, 9.17) is 0 Å². The van der Waals surface area contributed by atoms with Crippen LogP contribution in [0.3, 0.4) is 0 Å². The van der Waals surface area contributed by atoms with Gasteiger partial charge in [-0.2, -0.15) is 0 Å². The van der Waals surface area contributed by atoms with E-state index in [-0.39, 0.29) is 37.4 Å². The van der Waals surface area contributed by atoms with Crippen LogP contribution in [-0.2, 0) is 29.2 Å². The van der Waals surface area contributed by atoms with Crippen molar-refractivity contribution in [3.63, 3.8) is 0 Å². The third kappa shape index (κ3) is 6.93. The maximum atomic E-state index is 13.3. The highest BCUT2D eigenvalue weighted by Gasteiger charge is 2.17. The Morgan fingerprint density at radius 3 is 2.38 bits per heavy atom. The summed E-state index contributed by atoms with van der Waals surface area (Å²) in [6.07, 6.45) is 6.94. The molecule has 0 unspecified atom stereocenters. The Kier molecular flexibility index (Phi) is 8.87. The van der Waals surface area contributed by atoms with Gasteiger partial charge in [0.1, 0.15) is 12.4 Å². The normalized spacial score (nSPS) is 14.0. The second-order valence-corrected chi connectivity index (χ2v) is 9.61. The van der Waals surface area contributed by atoms with Gasteiger partial charge in [-0.15, -0.1) is 0 Å². The third-order valence-electron chi connectivity index (χ3n) is 6.84. The summed E-state index contributed by atoms with van der Waals surface area (Å²) in [5, 5.41) is 6.17. The number of nitrogens with one attached hydrogen (secondary N) is 2. The fourth-order valence-corrected chi connectivity index (χ4v) is 4.83. The van der Waals surface area contributed by atoms with Gasteiger partial charge in [0.05, 0.1) is 10.9 Å². The molecule has 0 aliphatic heterocycles. The lowest BCUT2D eigenvalue weighted by Gasteiger charge is -2.22. The van der Waals surface area contributed by atoms with E-state index in [0.717, 1.165) is 35.8 Å². The Balaban J connectivity index is 1.41. The van der Waals surface area contributed by atoms with Gasteiger partial charge in [0.15, 0.2) is 0 Å². The minimum Gasteiger partial charge on any atom is -0.353 e. The molecule has 0 spiro atoms. The summed E-state index contributed by atoms with van der Waals surface area (Å²) in [4.78, 5) is 51.3. The average molecular weight is 509 g/mol. The molecular weight excluding hydrogens is 475 g/mol. The Hall–Kier alpha value is -3.75. The van der Waals surface area contributed by atoms with Crippen LogP contribution in [0.15, 0.2) is 58.1 Å². The van der Waals surface area contributed by atoms with Crippen LogP contribution >= 0.6 is 0 Å². The molecule has 3 aromatic rings. The van der Waals surface area contributed by atoms with Gasteiger partial charge in [0.2, 0.25) is 11.8 Å². The lowest BCUT2D eigenvalue weighted by atomic mass is 9.95. The number of carbonyl (C=O) groups is 2. The largest absolute Gasteiger partial charge is 0.353 e. The smallest absolute Gasteiger partial charge is 0.331 e. The summed E-state index contributed by atoms with van der Waals surface area (Å²) in [5.41, 5.74) is 0.143. The number of hydrogen-bond donors (Lipinski definition) is 2. The highest BCUT2D eigenvalue weighted by Crippen LogP contribution is 2.17. The molecule has 1 aromatic heterocycles. The van der Waals surface area contributed by atoms with Crippen LogP contribution in [-0.4, -0.2) is 27.0 Å². The van der Waals surface area contributed by atoms with Crippen LogP contribution in [0, 0.1) is 5.82 Å². The molecule has 2 N–H and O–H groups in total. The number of hydrogen-bond acceptors (Lipinski definition) is 4. The maximum absolute atomic E-state index is 13.3. The van der Waals surface area contributed by atoms with Crippen molar-refractivity contribution in [1.82, 2.24) is 19.8 Å². The number of aromatic nitrogens is 2. The number of rotatable bonds is 10. The second-order valence-electron chi connectivity index (χ2n) is 9.61. The first kappa shape index (κ1) is 26.3. The van der Waals surface area contributed by atoms with Crippen molar-refractivity contribution in [1.29, 1.82) is 0 Å². The zero-order valence-corrected chi connectivity index (χ0v) is 20.9. The van der Waals surface area contributed by atoms with Crippen molar-refractivity contribution in [2.45, 2.75) is 77.0 Å². The molecule has 196 valence electrons. The minimum atomic E-state index is -0.563. The topological polar surface area (TPSA) is 102 Å². The SMILES string of the molecule is O=C(Cn1c(=O)n(CCCCC(=O)NC2CCCCC2)c(=O)c2ccccc21)NCc1ccc(F)cc1. The molecule has 37 heavy (non-hydrogen) atoms. The van der Waals surface area contributed by atoms with E-state index in [1.807, 2.05) is 0 Å². The van der Waals surface area contributed by atoms with E-state index in [0.29, 0.717) is 30.2 Å². The average Bonchev–Trinajstić information content (AvgIpc) is 2.91. The van der Waals surface area contributed by atoms with Crippen LogP contribution in [0.25, 0.3) is 10.9 Å². The summed E-state index contributed by atoms with van der Waals surface area (Å²) >= 11 is 0. The third-order valence-corrected chi connectivity index (χ3v) is 6.84. The number of benzene rings is 2. The van der Waals surface area contributed by atoms with E-state index < -0.39 is 17.2 Å². The van der Waals surface area contributed by atoms with Gasteiger partial charge < -0.3 is 10.6 Å². The quantitative estimate of drug-likeness (QED) is 0.411. The lowest BCUT2D eigenvalue weighted by Crippen LogP contribution is -2.42. The molecule has 0 bridgehead atoms. The van der Waals surface area contributed by atoms with Crippen LogP contribution < -0.4 is 21.9 Å². The molecule has 1 heterocycles. The van der Waals surface area contributed by atoms with E-state index in [9.17, 15) is 23.6 Å². The van der Waals surface area contributed by atoms with Crippen LogP contribution in [0.1, 0.15) is 56.9 Å². The summed E-state index contributed by atoms with van der Waals surface area (Å²) in [7, 11) is 0. The fraction of sp³-hybridized carbons (Fsp3) is 0.429. The van der Waals surface area contributed by atoms with Crippen molar-refractivity contribution in [2.24, 2.45) is 0 Å². The molecule has 1 saturated carbocycles. The molecule has 1 aliphatic rings. The van der Waals surface area contributed by atoms with Gasteiger partial charge in [-0.1, -0.05) is 43.5 Å². The van der Waals surface area contributed by atoms with Crippen LogP contribution in [0.4, 0.5) is 4.39 Å². The zero-order chi connectivity index (χ0) is 26.2. The summed E-state index contributed by atoms with van der Waals surface area (Å²) in [6.45, 7) is 0.0926.